The average Bonchev–Trinajstić information content (AvgIpc) is 3.06. The van der Waals surface area contributed by atoms with Gasteiger partial charge in [-0.3, -0.25) is 9.59 Å². The van der Waals surface area contributed by atoms with Crippen LogP contribution in [-0.4, -0.2) is 27.2 Å². The molecular weight excluding hydrogens is 459 g/mol. The molecule has 3 aromatic heterocycles. The lowest BCUT2D eigenvalue weighted by atomic mass is 9.97. The molecule has 7 nitrogen and oxygen atoms in total. The number of rotatable bonds is 4. The van der Waals surface area contributed by atoms with Crippen LogP contribution in [0.25, 0.3) is 21.8 Å². The highest BCUT2D eigenvalue weighted by Crippen LogP contribution is 2.36. The van der Waals surface area contributed by atoms with Crippen LogP contribution in [-0.2, 0) is 0 Å². The fraction of sp³-hybridized carbons (Fsp3) is 0.360. The first-order valence-corrected chi connectivity index (χ1v) is 11.8. The molecule has 176 valence electrons. The Balaban J connectivity index is 1.46. The van der Waals surface area contributed by atoms with Crippen LogP contribution in [0.3, 0.4) is 0 Å². The highest BCUT2D eigenvalue weighted by atomic mass is 35.5. The second-order valence-corrected chi connectivity index (χ2v) is 9.30. The number of hydrogen-bond donors (Lipinski definition) is 1. The third-order valence-electron chi connectivity index (χ3n) is 6.69. The van der Waals surface area contributed by atoms with Crippen LogP contribution >= 0.6 is 11.6 Å². The summed E-state index contributed by atoms with van der Waals surface area (Å²) in [4.78, 5) is 29.7. The zero-order valence-corrected chi connectivity index (χ0v) is 19.4. The lowest BCUT2D eigenvalue weighted by Gasteiger charge is -2.24. The number of aromatic nitrogens is 3. The van der Waals surface area contributed by atoms with E-state index in [1.165, 1.54) is 18.3 Å². The number of nitrogens with zero attached hydrogens (tertiary/aromatic N) is 3. The SMILES string of the molecule is Cc1onc2c1c(=O)n([C@@H]1CCCC[C@@H](CNC(=O)c3ccc(F)nc3)C1)c1cccc(Cl)c21. The van der Waals surface area contributed by atoms with Crippen molar-refractivity contribution in [2.75, 3.05) is 6.54 Å². The molecule has 0 spiro atoms. The van der Waals surface area contributed by atoms with Gasteiger partial charge in [0.25, 0.3) is 11.5 Å². The van der Waals surface area contributed by atoms with E-state index in [0.717, 1.165) is 37.6 Å². The van der Waals surface area contributed by atoms with Crippen LogP contribution in [0.2, 0.25) is 5.02 Å². The maximum absolute atomic E-state index is 13.6. The molecule has 4 aromatic rings. The van der Waals surface area contributed by atoms with Crippen LogP contribution in [0.15, 0.2) is 45.8 Å². The molecule has 0 aliphatic heterocycles. The van der Waals surface area contributed by atoms with Crippen molar-refractivity contribution in [3.63, 3.8) is 0 Å². The normalized spacial score (nSPS) is 18.8. The molecule has 1 N–H and O–H groups in total. The van der Waals surface area contributed by atoms with Crippen LogP contribution in [0.4, 0.5) is 4.39 Å². The molecule has 1 aliphatic carbocycles. The molecule has 1 amide bonds. The number of aryl methyl sites for hydroxylation is 1. The Morgan fingerprint density at radius 2 is 2.06 bits per heavy atom. The fourth-order valence-electron chi connectivity index (χ4n) is 5.04. The first-order valence-electron chi connectivity index (χ1n) is 11.4. The molecule has 1 fully saturated rings. The Morgan fingerprint density at radius 3 is 2.85 bits per heavy atom. The monoisotopic (exact) mass is 482 g/mol. The van der Waals surface area contributed by atoms with Gasteiger partial charge in [0.15, 0.2) is 0 Å². The van der Waals surface area contributed by atoms with Crippen LogP contribution in [0, 0.1) is 18.8 Å². The van der Waals surface area contributed by atoms with Crippen molar-refractivity contribution in [3.05, 3.63) is 69.2 Å². The molecule has 3 heterocycles. The largest absolute Gasteiger partial charge is 0.360 e. The Kier molecular flexibility index (Phi) is 6.08. The second-order valence-electron chi connectivity index (χ2n) is 8.89. The van der Waals surface area contributed by atoms with E-state index in [0.29, 0.717) is 39.2 Å². The Bertz CT molecular complexity index is 1430. The van der Waals surface area contributed by atoms with Crippen LogP contribution in [0.5, 0.6) is 0 Å². The first kappa shape index (κ1) is 22.5. The standard InChI is InChI=1S/C25H24ClFN4O3/c1-14-21-23(30-34-14)22-18(26)7-4-8-19(22)31(25(21)33)17-6-3-2-5-15(11-17)12-29-24(32)16-9-10-20(27)28-13-16/h4,7-10,13,15,17H,2-3,5-6,11-12H2,1H3,(H,29,32)/t15-,17-/m1/s1. The van der Waals surface area contributed by atoms with E-state index in [4.69, 9.17) is 16.1 Å². The number of fused-ring (bicyclic) bond motifs is 3. The molecule has 2 atom stereocenters. The highest BCUT2D eigenvalue weighted by Gasteiger charge is 2.27. The van der Waals surface area contributed by atoms with E-state index in [1.807, 2.05) is 16.7 Å². The maximum atomic E-state index is 13.6. The van der Waals surface area contributed by atoms with Crippen molar-refractivity contribution < 1.29 is 13.7 Å². The van der Waals surface area contributed by atoms with Gasteiger partial charge in [-0.2, -0.15) is 4.39 Å². The third-order valence-corrected chi connectivity index (χ3v) is 7.01. The van der Waals surface area contributed by atoms with Gasteiger partial charge in [0.05, 0.1) is 16.1 Å². The quantitative estimate of drug-likeness (QED) is 0.319. The molecule has 0 bridgehead atoms. The average molecular weight is 483 g/mol. The van der Waals surface area contributed by atoms with Gasteiger partial charge in [-0.15, -0.1) is 0 Å². The highest BCUT2D eigenvalue weighted by molar-refractivity contribution is 6.37. The summed E-state index contributed by atoms with van der Waals surface area (Å²) in [5.74, 6) is -0.253. The van der Waals surface area contributed by atoms with Gasteiger partial charge in [0.1, 0.15) is 16.7 Å². The van der Waals surface area contributed by atoms with Crippen LogP contribution < -0.4 is 10.9 Å². The van der Waals surface area contributed by atoms with Crippen LogP contribution in [0.1, 0.15) is 54.3 Å². The summed E-state index contributed by atoms with van der Waals surface area (Å²) >= 11 is 6.55. The topological polar surface area (TPSA) is 90.0 Å². The molecule has 34 heavy (non-hydrogen) atoms. The van der Waals surface area contributed by atoms with Gasteiger partial charge < -0.3 is 14.4 Å². The van der Waals surface area contributed by atoms with Crippen molar-refractivity contribution in [1.29, 1.82) is 0 Å². The van der Waals surface area contributed by atoms with Crippen molar-refractivity contribution in [1.82, 2.24) is 20.0 Å². The van der Waals surface area contributed by atoms with Gasteiger partial charge in [0.2, 0.25) is 5.95 Å². The Labute approximate surface area is 199 Å². The summed E-state index contributed by atoms with van der Waals surface area (Å²) in [6, 6.07) is 8.06. The molecule has 1 saturated carbocycles. The van der Waals surface area contributed by atoms with Crippen molar-refractivity contribution >= 4 is 39.3 Å². The summed E-state index contributed by atoms with van der Waals surface area (Å²) in [5.41, 5.74) is 1.42. The number of pyridine rings is 2. The molecule has 1 aliphatic rings. The minimum Gasteiger partial charge on any atom is -0.360 e. The lowest BCUT2D eigenvalue weighted by Crippen LogP contribution is -2.32. The second kappa shape index (κ2) is 9.18. The van der Waals surface area contributed by atoms with Gasteiger partial charge in [-0.1, -0.05) is 35.7 Å². The third kappa shape index (κ3) is 4.07. The number of halogens is 2. The first-order chi connectivity index (χ1) is 16.4. The zero-order chi connectivity index (χ0) is 23.8. The summed E-state index contributed by atoms with van der Waals surface area (Å²) in [5, 5.41) is 8.77. The van der Waals surface area contributed by atoms with Gasteiger partial charge in [-0.25, -0.2) is 4.98 Å². The summed E-state index contributed by atoms with van der Waals surface area (Å²) in [6.45, 7) is 2.20. The predicted octanol–water partition coefficient (Wildman–Crippen LogP) is 5.19. The number of amides is 1. The summed E-state index contributed by atoms with van der Waals surface area (Å²) in [6.07, 6.45) is 5.75. The Hall–Kier alpha value is -3.26. The number of hydrogen-bond acceptors (Lipinski definition) is 5. The number of carbonyl (C=O) groups excluding carboxylic acids is 1. The Morgan fingerprint density at radius 1 is 1.24 bits per heavy atom. The fourth-order valence-corrected chi connectivity index (χ4v) is 5.30. The maximum Gasteiger partial charge on any atom is 0.264 e. The lowest BCUT2D eigenvalue weighted by molar-refractivity contribution is 0.0944. The van der Waals surface area contributed by atoms with E-state index in [2.05, 4.69) is 15.5 Å². The summed E-state index contributed by atoms with van der Waals surface area (Å²) < 4.78 is 20.3. The van der Waals surface area contributed by atoms with Crippen molar-refractivity contribution in [2.45, 2.75) is 45.1 Å². The molecule has 9 heteroatoms. The van der Waals surface area contributed by atoms with Crippen molar-refractivity contribution in [2.24, 2.45) is 5.92 Å². The van der Waals surface area contributed by atoms with Gasteiger partial charge >= 0.3 is 0 Å². The number of carbonyl (C=O) groups is 1. The zero-order valence-electron chi connectivity index (χ0n) is 18.7. The molecule has 0 unspecified atom stereocenters. The molecule has 0 radical (unpaired) electrons. The number of nitrogens with one attached hydrogen (secondary N) is 1. The van der Waals surface area contributed by atoms with E-state index >= 15 is 0 Å². The molecule has 1 aromatic carbocycles. The van der Waals surface area contributed by atoms with E-state index < -0.39 is 5.95 Å². The molecule has 0 saturated heterocycles. The smallest absolute Gasteiger partial charge is 0.264 e. The van der Waals surface area contributed by atoms with E-state index in [9.17, 15) is 14.0 Å². The summed E-state index contributed by atoms with van der Waals surface area (Å²) in [7, 11) is 0. The van der Waals surface area contributed by atoms with Gasteiger partial charge in [-0.05, 0) is 56.4 Å². The minimum absolute atomic E-state index is 0.0518. The predicted molar refractivity (Wildman–Crippen MR) is 128 cm³/mol. The van der Waals surface area contributed by atoms with Gasteiger partial charge in [0, 0.05) is 24.2 Å². The van der Waals surface area contributed by atoms with Crippen molar-refractivity contribution in [3.8, 4) is 0 Å². The minimum atomic E-state index is -0.624. The molecule has 5 rings (SSSR count). The van der Waals surface area contributed by atoms with E-state index in [1.54, 1.807) is 13.0 Å². The molecular formula is C25H24ClFN4O3. The number of benzene rings is 1. The van der Waals surface area contributed by atoms with E-state index in [-0.39, 0.29) is 23.4 Å².